The number of alkyl carbamates (subject to hydrolysis) is 1. The number of nitrogens with one attached hydrogen (secondary N) is 1. The number of carbonyl (C=O) groups excluding carboxylic acids is 2. The second kappa shape index (κ2) is 9.70. The van der Waals surface area contributed by atoms with E-state index in [0.717, 1.165) is 12.8 Å². The van der Waals surface area contributed by atoms with E-state index in [2.05, 4.69) is 29.6 Å². The van der Waals surface area contributed by atoms with Crippen LogP contribution in [0.2, 0.25) is 0 Å². The first-order valence-corrected chi connectivity index (χ1v) is 12.2. The number of aliphatic hydroxyl groups is 1. The summed E-state index contributed by atoms with van der Waals surface area (Å²) in [6, 6.07) is 15.5. The third-order valence-electron chi connectivity index (χ3n) is 7.56. The lowest BCUT2D eigenvalue weighted by Gasteiger charge is -2.36. The van der Waals surface area contributed by atoms with Gasteiger partial charge in [-0.2, -0.15) is 0 Å². The fourth-order valence-corrected chi connectivity index (χ4v) is 5.77. The minimum Gasteiger partial charge on any atom is -0.480 e. The molecule has 3 aliphatic rings. The Morgan fingerprint density at radius 1 is 0.943 bits per heavy atom. The number of carboxylic acids is 1. The Morgan fingerprint density at radius 2 is 1.57 bits per heavy atom. The van der Waals surface area contributed by atoms with Gasteiger partial charge in [0.05, 0.1) is 6.10 Å². The van der Waals surface area contributed by atoms with E-state index in [1.807, 2.05) is 24.3 Å². The Balaban J connectivity index is 1.05. The Bertz CT molecular complexity index is 1080. The van der Waals surface area contributed by atoms with Crippen LogP contribution in [0, 0.1) is 11.8 Å². The summed E-state index contributed by atoms with van der Waals surface area (Å²) in [7, 11) is 0. The van der Waals surface area contributed by atoms with Crippen LogP contribution in [0.3, 0.4) is 0 Å². The highest BCUT2D eigenvalue weighted by Gasteiger charge is 2.41. The van der Waals surface area contributed by atoms with E-state index in [1.165, 1.54) is 27.2 Å². The van der Waals surface area contributed by atoms with E-state index in [1.54, 1.807) is 0 Å². The first-order chi connectivity index (χ1) is 16.9. The fourth-order valence-electron chi connectivity index (χ4n) is 5.77. The number of carboxylic acid groups (broad SMARTS) is 1. The Labute approximate surface area is 203 Å². The SMILES string of the molecule is O=C(NCC1CC(CC(=O)N2C[C@@H](O)C[C@H]2C(=O)O)C1)OCC1c2ccccc2-c2ccccc21. The molecule has 2 aliphatic carbocycles. The van der Waals surface area contributed by atoms with Crippen molar-refractivity contribution in [1.82, 2.24) is 10.2 Å². The monoisotopic (exact) mass is 478 g/mol. The maximum atomic E-state index is 12.5. The molecule has 2 aromatic carbocycles. The Kier molecular flexibility index (Phi) is 6.47. The molecule has 2 aromatic rings. The zero-order chi connectivity index (χ0) is 24.5. The van der Waals surface area contributed by atoms with Gasteiger partial charge in [-0.25, -0.2) is 9.59 Å². The van der Waals surface area contributed by atoms with Crippen molar-refractivity contribution in [1.29, 1.82) is 0 Å². The van der Waals surface area contributed by atoms with Crippen LogP contribution < -0.4 is 5.32 Å². The molecular weight excluding hydrogens is 448 g/mol. The van der Waals surface area contributed by atoms with Gasteiger partial charge in [-0.1, -0.05) is 48.5 Å². The molecule has 1 saturated carbocycles. The van der Waals surface area contributed by atoms with Crippen molar-refractivity contribution in [3.63, 3.8) is 0 Å². The molecular formula is C27H30N2O6. The van der Waals surface area contributed by atoms with E-state index in [-0.39, 0.29) is 49.7 Å². The molecule has 3 N–H and O–H groups in total. The molecule has 8 heteroatoms. The quantitative estimate of drug-likeness (QED) is 0.563. The number of carbonyl (C=O) groups is 3. The second-order valence-corrected chi connectivity index (χ2v) is 9.90. The summed E-state index contributed by atoms with van der Waals surface area (Å²) < 4.78 is 5.57. The van der Waals surface area contributed by atoms with Crippen molar-refractivity contribution >= 4 is 18.0 Å². The van der Waals surface area contributed by atoms with Gasteiger partial charge in [0.2, 0.25) is 5.91 Å². The van der Waals surface area contributed by atoms with E-state index in [9.17, 15) is 24.6 Å². The number of aliphatic carboxylic acids is 1. The van der Waals surface area contributed by atoms with Crippen molar-refractivity contribution in [2.45, 2.75) is 43.7 Å². The molecule has 2 atom stereocenters. The first kappa shape index (κ1) is 23.4. The number of ether oxygens (including phenoxy) is 1. The van der Waals surface area contributed by atoms with Gasteiger partial charge < -0.3 is 25.2 Å². The van der Waals surface area contributed by atoms with E-state index in [0.29, 0.717) is 6.54 Å². The molecule has 184 valence electrons. The van der Waals surface area contributed by atoms with Gasteiger partial charge in [0.15, 0.2) is 0 Å². The number of amides is 2. The van der Waals surface area contributed by atoms with E-state index < -0.39 is 24.2 Å². The van der Waals surface area contributed by atoms with E-state index >= 15 is 0 Å². The highest BCUT2D eigenvalue weighted by molar-refractivity contribution is 5.84. The molecule has 0 bridgehead atoms. The maximum Gasteiger partial charge on any atom is 0.407 e. The van der Waals surface area contributed by atoms with Crippen molar-refractivity contribution in [2.75, 3.05) is 19.7 Å². The molecule has 0 unspecified atom stereocenters. The topological polar surface area (TPSA) is 116 Å². The zero-order valence-electron chi connectivity index (χ0n) is 19.4. The van der Waals surface area contributed by atoms with Gasteiger partial charge >= 0.3 is 12.1 Å². The Hall–Kier alpha value is -3.39. The van der Waals surface area contributed by atoms with Crippen molar-refractivity contribution in [2.24, 2.45) is 11.8 Å². The number of benzene rings is 2. The summed E-state index contributed by atoms with van der Waals surface area (Å²) >= 11 is 0. The third kappa shape index (κ3) is 4.75. The van der Waals surface area contributed by atoms with Crippen LogP contribution in [-0.4, -0.2) is 64.9 Å². The lowest BCUT2D eigenvalue weighted by molar-refractivity contribution is -0.149. The Morgan fingerprint density at radius 3 is 2.20 bits per heavy atom. The molecule has 1 aliphatic heterocycles. The van der Waals surface area contributed by atoms with Gasteiger partial charge in [0.25, 0.3) is 0 Å². The average molecular weight is 479 g/mol. The zero-order valence-corrected chi connectivity index (χ0v) is 19.4. The summed E-state index contributed by atoms with van der Waals surface area (Å²) in [6.45, 7) is 0.838. The second-order valence-electron chi connectivity index (χ2n) is 9.90. The number of β-amino-alcohol motifs (C(OH)–C–C–N with tert-alkyl or cyclic N) is 1. The first-order valence-electron chi connectivity index (χ1n) is 12.2. The predicted octanol–water partition coefficient (Wildman–Crippen LogP) is 2.99. The maximum absolute atomic E-state index is 12.5. The minimum atomic E-state index is -1.08. The molecule has 35 heavy (non-hydrogen) atoms. The molecule has 2 fully saturated rings. The number of hydrogen-bond donors (Lipinski definition) is 3. The number of nitrogens with zero attached hydrogens (tertiary/aromatic N) is 1. The largest absolute Gasteiger partial charge is 0.480 e. The molecule has 0 spiro atoms. The predicted molar refractivity (Wildman–Crippen MR) is 128 cm³/mol. The summed E-state index contributed by atoms with van der Waals surface area (Å²) in [5.41, 5.74) is 4.71. The molecule has 1 heterocycles. The summed E-state index contributed by atoms with van der Waals surface area (Å²) in [5.74, 6) is -0.835. The highest BCUT2D eigenvalue weighted by Crippen LogP contribution is 2.44. The molecule has 0 aromatic heterocycles. The van der Waals surface area contributed by atoms with Gasteiger partial charge in [-0.05, 0) is 46.9 Å². The van der Waals surface area contributed by atoms with Crippen LogP contribution in [0.25, 0.3) is 11.1 Å². The highest BCUT2D eigenvalue weighted by atomic mass is 16.5. The summed E-state index contributed by atoms with van der Waals surface area (Å²) in [4.78, 5) is 37.5. The van der Waals surface area contributed by atoms with Crippen molar-refractivity contribution in [3.8, 4) is 11.1 Å². The molecule has 8 nitrogen and oxygen atoms in total. The number of rotatable bonds is 7. The van der Waals surface area contributed by atoms with Crippen molar-refractivity contribution in [3.05, 3.63) is 59.7 Å². The normalized spacial score (nSPS) is 24.9. The lowest BCUT2D eigenvalue weighted by Crippen LogP contribution is -2.43. The standard InChI is InChI=1S/C27H30N2O6/c30-18-12-24(26(32)33)29(14-18)25(31)11-16-9-17(10-16)13-28-27(34)35-15-23-21-7-3-1-5-19(21)20-6-2-4-8-22(20)23/h1-8,16-18,23-24,30H,9-15H2,(H,28,34)(H,32,33)/t16?,17?,18-,24-/m0/s1. The van der Waals surface area contributed by atoms with Gasteiger partial charge in [-0.3, -0.25) is 4.79 Å². The van der Waals surface area contributed by atoms with Gasteiger partial charge in [-0.15, -0.1) is 0 Å². The number of likely N-dealkylation sites (tertiary alicyclic amines) is 1. The van der Waals surface area contributed by atoms with Crippen LogP contribution in [0.15, 0.2) is 48.5 Å². The number of aliphatic hydroxyl groups excluding tert-OH is 1. The van der Waals surface area contributed by atoms with Crippen molar-refractivity contribution < 1.29 is 29.3 Å². The van der Waals surface area contributed by atoms with Crippen LogP contribution in [0.1, 0.15) is 42.7 Å². The van der Waals surface area contributed by atoms with Crippen LogP contribution in [-0.2, 0) is 14.3 Å². The average Bonchev–Trinajstić information content (AvgIpc) is 3.37. The third-order valence-corrected chi connectivity index (χ3v) is 7.56. The van der Waals surface area contributed by atoms with Gasteiger partial charge in [0.1, 0.15) is 12.6 Å². The summed E-state index contributed by atoms with van der Waals surface area (Å²) in [6.07, 6.45) is 0.723. The number of hydrogen-bond acceptors (Lipinski definition) is 5. The smallest absolute Gasteiger partial charge is 0.407 e. The van der Waals surface area contributed by atoms with Crippen LogP contribution in [0.5, 0.6) is 0 Å². The minimum absolute atomic E-state index is 0.0194. The molecule has 0 radical (unpaired) electrons. The lowest BCUT2D eigenvalue weighted by atomic mass is 9.73. The molecule has 2 amide bonds. The summed E-state index contributed by atoms with van der Waals surface area (Å²) in [5, 5.41) is 21.9. The number of fused-ring (bicyclic) bond motifs is 3. The fraction of sp³-hybridized carbons (Fsp3) is 0.444. The van der Waals surface area contributed by atoms with Crippen LogP contribution >= 0.6 is 0 Å². The van der Waals surface area contributed by atoms with E-state index in [4.69, 9.17) is 4.74 Å². The molecule has 5 rings (SSSR count). The molecule has 1 saturated heterocycles. The van der Waals surface area contributed by atoms with Crippen LogP contribution in [0.4, 0.5) is 4.79 Å². The van der Waals surface area contributed by atoms with Gasteiger partial charge in [0, 0.05) is 31.8 Å².